The fourth-order valence-electron chi connectivity index (χ4n) is 2.12. The summed E-state index contributed by atoms with van der Waals surface area (Å²) >= 11 is 0. The quantitative estimate of drug-likeness (QED) is 0.836. The van der Waals surface area contributed by atoms with E-state index >= 15 is 0 Å². The molecule has 1 aromatic carbocycles. The zero-order valence-electron chi connectivity index (χ0n) is 11.1. The van der Waals surface area contributed by atoms with E-state index in [1.54, 1.807) is 7.11 Å². The van der Waals surface area contributed by atoms with Crippen molar-refractivity contribution in [2.75, 3.05) is 20.2 Å². The molecule has 1 aliphatic rings. The highest BCUT2D eigenvalue weighted by molar-refractivity contribution is 5.82. The molecule has 1 saturated heterocycles. The van der Waals surface area contributed by atoms with E-state index in [4.69, 9.17) is 4.74 Å². The molecule has 2 rings (SSSR count). The van der Waals surface area contributed by atoms with Gasteiger partial charge >= 0.3 is 0 Å². The van der Waals surface area contributed by atoms with Gasteiger partial charge in [0.05, 0.1) is 12.1 Å². The van der Waals surface area contributed by atoms with Gasteiger partial charge in [0.2, 0.25) is 5.91 Å². The van der Waals surface area contributed by atoms with Crippen molar-refractivity contribution < 1.29 is 9.53 Å². The van der Waals surface area contributed by atoms with Gasteiger partial charge in [0.25, 0.3) is 0 Å². The van der Waals surface area contributed by atoms with Crippen LogP contribution in [0.2, 0.25) is 0 Å². The number of carbonyl (C=O) groups is 1. The fourth-order valence-corrected chi connectivity index (χ4v) is 2.12. The minimum absolute atomic E-state index is 0.0391. The zero-order chi connectivity index (χ0) is 13.5. The van der Waals surface area contributed by atoms with Gasteiger partial charge in [-0.05, 0) is 12.0 Å². The number of carbonyl (C=O) groups excluding carboxylic acids is 1. The Hall–Kier alpha value is -1.65. The first-order valence-electron chi connectivity index (χ1n) is 6.55. The molecule has 1 amide bonds. The van der Waals surface area contributed by atoms with Crippen LogP contribution in [0, 0.1) is 0 Å². The van der Waals surface area contributed by atoms with Gasteiger partial charge in [-0.1, -0.05) is 42.5 Å². The monoisotopic (exact) mass is 260 g/mol. The maximum Gasteiger partial charge on any atom is 0.237 e. The molecule has 0 aliphatic carbocycles. The number of amides is 1. The Morgan fingerprint density at radius 1 is 1.47 bits per heavy atom. The van der Waals surface area contributed by atoms with Gasteiger partial charge in [-0.15, -0.1) is 0 Å². The van der Waals surface area contributed by atoms with E-state index in [9.17, 15) is 4.79 Å². The first kappa shape index (κ1) is 13.8. The maximum absolute atomic E-state index is 11.9. The molecule has 4 heteroatoms. The lowest BCUT2D eigenvalue weighted by Crippen LogP contribution is -2.40. The summed E-state index contributed by atoms with van der Waals surface area (Å²) in [6.07, 6.45) is 4.84. The average Bonchev–Trinajstić information content (AvgIpc) is 2.93. The van der Waals surface area contributed by atoms with Crippen LogP contribution in [0.25, 0.3) is 6.08 Å². The van der Waals surface area contributed by atoms with Gasteiger partial charge in [-0.25, -0.2) is 0 Å². The van der Waals surface area contributed by atoms with Crippen molar-refractivity contribution in [3.63, 3.8) is 0 Å². The number of benzene rings is 1. The molecule has 0 unspecified atom stereocenters. The Kier molecular flexibility index (Phi) is 5.12. The van der Waals surface area contributed by atoms with Gasteiger partial charge in [-0.2, -0.15) is 0 Å². The molecular formula is C15H20N2O2. The van der Waals surface area contributed by atoms with E-state index < -0.39 is 0 Å². The molecule has 0 aromatic heterocycles. The molecule has 1 heterocycles. The third kappa shape index (κ3) is 4.19. The van der Waals surface area contributed by atoms with Gasteiger partial charge in [0.1, 0.15) is 0 Å². The van der Waals surface area contributed by atoms with Crippen molar-refractivity contribution in [3.05, 3.63) is 42.0 Å². The molecule has 2 N–H and O–H groups in total. The van der Waals surface area contributed by atoms with Crippen LogP contribution in [0.4, 0.5) is 0 Å². The predicted molar refractivity (Wildman–Crippen MR) is 75.7 cm³/mol. The lowest BCUT2D eigenvalue weighted by atomic mass is 10.2. The number of hydrogen-bond acceptors (Lipinski definition) is 3. The Morgan fingerprint density at radius 2 is 2.26 bits per heavy atom. The zero-order valence-corrected chi connectivity index (χ0v) is 11.1. The van der Waals surface area contributed by atoms with E-state index in [2.05, 4.69) is 10.6 Å². The van der Waals surface area contributed by atoms with Crippen LogP contribution in [0.15, 0.2) is 36.4 Å². The molecule has 102 valence electrons. The fraction of sp³-hybridized carbons (Fsp3) is 0.400. The second-order valence-corrected chi connectivity index (χ2v) is 4.61. The Bertz CT molecular complexity index is 431. The highest BCUT2D eigenvalue weighted by Gasteiger charge is 2.28. The van der Waals surface area contributed by atoms with Crippen LogP contribution >= 0.6 is 0 Å². The summed E-state index contributed by atoms with van der Waals surface area (Å²) in [5, 5.41) is 6.05. The van der Waals surface area contributed by atoms with E-state index in [1.807, 2.05) is 42.5 Å². The number of hydrogen-bond donors (Lipinski definition) is 2. The SMILES string of the molecule is CO[C@@H]1CN[C@@H](C(=O)NC/C=C/c2ccccc2)C1. The van der Waals surface area contributed by atoms with Crippen molar-refractivity contribution >= 4 is 12.0 Å². The lowest BCUT2D eigenvalue weighted by Gasteiger charge is -2.09. The van der Waals surface area contributed by atoms with Crippen molar-refractivity contribution in [1.82, 2.24) is 10.6 Å². The normalized spacial score (nSPS) is 22.8. The summed E-state index contributed by atoms with van der Waals surface area (Å²) in [5.74, 6) is 0.0391. The molecule has 1 aliphatic heterocycles. The van der Waals surface area contributed by atoms with Gasteiger partial charge in [0.15, 0.2) is 0 Å². The number of rotatable bonds is 5. The van der Waals surface area contributed by atoms with Crippen molar-refractivity contribution in [2.45, 2.75) is 18.6 Å². The topological polar surface area (TPSA) is 50.4 Å². The Labute approximate surface area is 113 Å². The molecule has 0 spiro atoms. The molecule has 0 radical (unpaired) electrons. The number of nitrogens with one attached hydrogen (secondary N) is 2. The number of ether oxygens (including phenoxy) is 1. The second kappa shape index (κ2) is 7.07. The van der Waals surface area contributed by atoms with E-state index in [0.717, 1.165) is 18.5 Å². The van der Waals surface area contributed by atoms with Crippen LogP contribution < -0.4 is 10.6 Å². The number of methoxy groups -OCH3 is 1. The highest BCUT2D eigenvalue weighted by atomic mass is 16.5. The largest absolute Gasteiger partial charge is 0.380 e. The first-order chi connectivity index (χ1) is 9.29. The minimum Gasteiger partial charge on any atom is -0.380 e. The standard InChI is InChI=1S/C15H20N2O2/c1-19-13-10-14(17-11-13)15(18)16-9-5-8-12-6-3-2-4-7-12/h2-8,13-14,17H,9-11H2,1H3,(H,16,18)/b8-5+/t13-,14+/m0/s1. The lowest BCUT2D eigenvalue weighted by molar-refractivity contribution is -0.122. The van der Waals surface area contributed by atoms with Crippen LogP contribution in [0.3, 0.4) is 0 Å². The Balaban J connectivity index is 1.71. The summed E-state index contributed by atoms with van der Waals surface area (Å²) < 4.78 is 5.22. The predicted octanol–water partition coefficient (Wildman–Crippen LogP) is 1.19. The highest BCUT2D eigenvalue weighted by Crippen LogP contribution is 2.09. The first-order valence-corrected chi connectivity index (χ1v) is 6.55. The van der Waals surface area contributed by atoms with Crippen molar-refractivity contribution in [1.29, 1.82) is 0 Å². The molecule has 0 bridgehead atoms. The smallest absolute Gasteiger partial charge is 0.237 e. The van der Waals surface area contributed by atoms with Crippen molar-refractivity contribution in [3.8, 4) is 0 Å². The maximum atomic E-state index is 11.9. The van der Waals surface area contributed by atoms with Gasteiger partial charge < -0.3 is 15.4 Å². The van der Waals surface area contributed by atoms with E-state index in [1.165, 1.54) is 0 Å². The average molecular weight is 260 g/mol. The van der Waals surface area contributed by atoms with Crippen LogP contribution in [0.5, 0.6) is 0 Å². The van der Waals surface area contributed by atoms with Gasteiger partial charge in [-0.3, -0.25) is 4.79 Å². The molecule has 1 fully saturated rings. The van der Waals surface area contributed by atoms with Crippen molar-refractivity contribution in [2.24, 2.45) is 0 Å². The van der Waals surface area contributed by atoms with Crippen LogP contribution in [-0.2, 0) is 9.53 Å². The van der Waals surface area contributed by atoms with Crippen LogP contribution in [-0.4, -0.2) is 38.3 Å². The molecule has 1 aromatic rings. The molecule has 2 atom stereocenters. The third-order valence-electron chi connectivity index (χ3n) is 3.24. The molecule has 0 saturated carbocycles. The molecule has 19 heavy (non-hydrogen) atoms. The summed E-state index contributed by atoms with van der Waals surface area (Å²) in [6, 6.07) is 9.89. The van der Waals surface area contributed by atoms with Crippen LogP contribution in [0.1, 0.15) is 12.0 Å². The van der Waals surface area contributed by atoms with Gasteiger partial charge in [0, 0.05) is 20.2 Å². The molecule has 4 nitrogen and oxygen atoms in total. The Morgan fingerprint density at radius 3 is 2.95 bits per heavy atom. The van der Waals surface area contributed by atoms with E-state index in [0.29, 0.717) is 6.54 Å². The summed E-state index contributed by atoms with van der Waals surface area (Å²) in [7, 11) is 1.68. The second-order valence-electron chi connectivity index (χ2n) is 4.61. The summed E-state index contributed by atoms with van der Waals surface area (Å²) in [4.78, 5) is 11.9. The third-order valence-corrected chi connectivity index (χ3v) is 3.24. The summed E-state index contributed by atoms with van der Waals surface area (Å²) in [6.45, 7) is 1.29. The molecular weight excluding hydrogens is 240 g/mol. The van der Waals surface area contributed by atoms with E-state index in [-0.39, 0.29) is 18.1 Å². The minimum atomic E-state index is -0.130. The summed E-state index contributed by atoms with van der Waals surface area (Å²) in [5.41, 5.74) is 1.13.